The quantitative estimate of drug-likeness (QED) is 0.819. The zero-order chi connectivity index (χ0) is 12.8. The van der Waals surface area contributed by atoms with Gasteiger partial charge >= 0.3 is 5.97 Å². The maximum Gasteiger partial charge on any atom is 0.328 e. The van der Waals surface area contributed by atoms with Crippen molar-refractivity contribution in [3.8, 4) is 5.75 Å². The lowest BCUT2D eigenvalue weighted by Gasteiger charge is -2.11. The Bertz CT molecular complexity index is 425. The van der Waals surface area contributed by atoms with E-state index in [2.05, 4.69) is 0 Å². The van der Waals surface area contributed by atoms with Crippen molar-refractivity contribution in [2.45, 2.75) is 13.8 Å². The first-order chi connectivity index (χ1) is 7.99. The number of carboxylic acids is 1. The van der Waals surface area contributed by atoms with Crippen LogP contribution >= 0.6 is 11.6 Å². The second-order valence-corrected chi connectivity index (χ2v) is 4.50. The molecular weight excluding hydrogens is 240 g/mol. The summed E-state index contributed by atoms with van der Waals surface area (Å²) in [6.07, 6.45) is 2.54. The molecule has 0 aliphatic heterocycles. The summed E-state index contributed by atoms with van der Waals surface area (Å²) in [5.74, 6) is 0.0439. The molecule has 92 valence electrons. The Balaban J connectivity index is 2.91. The van der Waals surface area contributed by atoms with Crippen molar-refractivity contribution in [3.63, 3.8) is 0 Å². The highest BCUT2D eigenvalue weighted by Gasteiger charge is 2.04. The van der Waals surface area contributed by atoms with Gasteiger partial charge in [0.25, 0.3) is 0 Å². The molecule has 1 rings (SSSR count). The van der Waals surface area contributed by atoms with Crippen LogP contribution in [0.4, 0.5) is 0 Å². The molecule has 0 radical (unpaired) electrons. The van der Waals surface area contributed by atoms with Crippen LogP contribution in [0.15, 0.2) is 24.3 Å². The number of carbonyl (C=O) groups is 1. The van der Waals surface area contributed by atoms with Crippen molar-refractivity contribution in [1.82, 2.24) is 0 Å². The van der Waals surface area contributed by atoms with Crippen molar-refractivity contribution in [2.24, 2.45) is 5.92 Å². The fourth-order valence-electron chi connectivity index (χ4n) is 1.20. The van der Waals surface area contributed by atoms with Gasteiger partial charge in [0.2, 0.25) is 0 Å². The van der Waals surface area contributed by atoms with E-state index in [1.807, 2.05) is 13.8 Å². The highest BCUT2D eigenvalue weighted by atomic mass is 35.5. The molecule has 3 nitrogen and oxygen atoms in total. The van der Waals surface area contributed by atoms with Gasteiger partial charge in [-0.1, -0.05) is 25.4 Å². The normalized spacial score (nSPS) is 11.1. The number of benzene rings is 1. The monoisotopic (exact) mass is 254 g/mol. The van der Waals surface area contributed by atoms with Gasteiger partial charge in [-0.05, 0) is 30.2 Å². The lowest BCUT2D eigenvalue weighted by Crippen LogP contribution is -2.05. The topological polar surface area (TPSA) is 46.5 Å². The fourth-order valence-corrected chi connectivity index (χ4v) is 1.38. The average Bonchev–Trinajstić information content (AvgIpc) is 2.24. The van der Waals surface area contributed by atoms with E-state index in [1.54, 1.807) is 18.2 Å². The third kappa shape index (κ3) is 4.91. The summed E-state index contributed by atoms with van der Waals surface area (Å²) >= 11 is 5.86. The molecule has 0 saturated carbocycles. The molecule has 0 unspecified atom stereocenters. The SMILES string of the molecule is CC(C)COc1ccc(Cl)cc1/C=C/C(=O)O. The number of hydrogen-bond donors (Lipinski definition) is 1. The third-order valence-electron chi connectivity index (χ3n) is 1.95. The molecule has 0 aromatic heterocycles. The number of hydrogen-bond acceptors (Lipinski definition) is 2. The Labute approximate surface area is 106 Å². The summed E-state index contributed by atoms with van der Waals surface area (Å²) in [7, 11) is 0. The summed E-state index contributed by atoms with van der Waals surface area (Å²) in [5, 5.41) is 9.14. The van der Waals surface area contributed by atoms with E-state index in [9.17, 15) is 4.79 Å². The van der Waals surface area contributed by atoms with Gasteiger partial charge in [-0.25, -0.2) is 4.79 Å². The van der Waals surface area contributed by atoms with Crippen LogP contribution in [0, 0.1) is 5.92 Å². The summed E-state index contributed by atoms with van der Waals surface area (Å²) in [6, 6.07) is 5.14. The van der Waals surface area contributed by atoms with Crippen LogP contribution in [0.25, 0.3) is 6.08 Å². The fraction of sp³-hybridized carbons (Fsp3) is 0.308. The summed E-state index contributed by atoms with van der Waals surface area (Å²) < 4.78 is 5.58. The Kier molecular flexibility index (Phi) is 5.04. The predicted molar refractivity (Wildman–Crippen MR) is 68.5 cm³/mol. The lowest BCUT2D eigenvalue weighted by atomic mass is 10.2. The molecule has 1 aromatic rings. The first kappa shape index (κ1) is 13.6. The van der Waals surface area contributed by atoms with E-state index in [1.165, 1.54) is 6.08 Å². The highest BCUT2D eigenvalue weighted by Crippen LogP contribution is 2.24. The Morgan fingerprint density at radius 1 is 1.53 bits per heavy atom. The van der Waals surface area contributed by atoms with Crippen molar-refractivity contribution in [1.29, 1.82) is 0 Å². The summed E-state index contributed by atoms with van der Waals surface area (Å²) in [5.41, 5.74) is 0.667. The van der Waals surface area contributed by atoms with Gasteiger partial charge in [-0.2, -0.15) is 0 Å². The predicted octanol–water partition coefficient (Wildman–Crippen LogP) is 3.47. The van der Waals surface area contributed by atoms with Gasteiger partial charge < -0.3 is 9.84 Å². The van der Waals surface area contributed by atoms with Gasteiger partial charge in [-0.3, -0.25) is 0 Å². The zero-order valence-corrected chi connectivity index (χ0v) is 10.6. The Hall–Kier alpha value is -1.48. The second kappa shape index (κ2) is 6.30. The molecule has 0 heterocycles. The van der Waals surface area contributed by atoms with E-state index in [0.717, 1.165) is 6.08 Å². The number of halogens is 1. The number of rotatable bonds is 5. The minimum Gasteiger partial charge on any atom is -0.493 e. The smallest absolute Gasteiger partial charge is 0.328 e. The average molecular weight is 255 g/mol. The van der Waals surface area contributed by atoms with Crippen LogP contribution in [0.2, 0.25) is 5.02 Å². The van der Waals surface area contributed by atoms with E-state index < -0.39 is 5.97 Å². The molecule has 0 fully saturated rings. The van der Waals surface area contributed by atoms with Gasteiger partial charge in [0.1, 0.15) is 5.75 Å². The van der Waals surface area contributed by atoms with E-state index in [4.69, 9.17) is 21.4 Å². The largest absolute Gasteiger partial charge is 0.493 e. The molecule has 0 amide bonds. The zero-order valence-electron chi connectivity index (χ0n) is 9.81. The molecule has 0 atom stereocenters. The van der Waals surface area contributed by atoms with Crippen LogP contribution in [-0.4, -0.2) is 17.7 Å². The molecule has 4 heteroatoms. The number of carboxylic acid groups (broad SMARTS) is 1. The molecule has 0 bridgehead atoms. The molecular formula is C13H15ClO3. The summed E-state index contributed by atoms with van der Waals surface area (Å²) in [4.78, 5) is 10.5. The number of ether oxygens (including phenoxy) is 1. The first-order valence-corrected chi connectivity index (χ1v) is 5.70. The summed E-state index contributed by atoms with van der Waals surface area (Å²) in [6.45, 7) is 4.67. The molecule has 0 aliphatic carbocycles. The number of aliphatic carboxylic acids is 1. The molecule has 1 aromatic carbocycles. The maximum absolute atomic E-state index is 10.5. The lowest BCUT2D eigenvalue weighted by molar-refractivity contribution is -0.131. The van der Waals surface area contributed by atoms with Crippen LogP contribution in [0.3, 0.4) is 0 Å². The standard InChI is InChI=1S/C13H15ClO3/c1-9(2)8-17-12-5-4-11(14)7-10(12)3-6-13(15)16/h3-7,9H,8H2,1-2H3,(H,15,16)/b6-3+. The molecule has 1 N–H and O–H groups in total. The van der Waals surface area contributed by atoms with Crippen LogP contribution in [0.1, 0.15) is 19.4 Å². The van der Waals surface area contributed by atoms with E-state index >= 15 is 0 Å². The Morgan fingerprint density at radius 2 is 2.24 bits per heavy atom. The molecule has 17 heavy (non-hydrogen) atoms. The minimum atomic E-state index is -1.00. The van der Waals surface area contributed by atoms with Crippen molar-refractivity contribution < 1.29 is 14.6 Å². The first-order valence-electron chi connectivity index (χ1n) is 5.32. The molecule has 0 spiro atoms. The molecule has 0 aliphatic rings. The van der Waals surface area contributed by atoms with E-state index in [-0.39, 0.29) is 0 Å². The second-order valence-electron chi connectivity index (χ2n) is 4.06. The highest BCUT2D eigenvalue weighted by molar-refractivity contribution is 6.30. The van der Waals surface area contributed by atoms with Gasteiger partial charge in [0, 0.05) is 16.7 Å². The van der Waals surface area contributed by atoms with Crippen molar-refractivity contribution in [3.05, 3.63) is 34.9 Å². The van der Waals surface area contributed by atoms with Crippen LogP contribution in [-0.2, 0) is 4.79 Å². The molecule has 0 saturated heterocycles. The Morgan fingerprint density at radius 3 is 2.82 bits per heavy atom. The van der Waals surface area contributed by atoms with Crippen LogP contribution in [0.5, 0.6) is 5.75 Å². The van der Waals surface area contributed by atoms with Gasteiger partial charge in [0.15, 0.2) is 0 Å². The van der Waals surface area contributed by atoms with Crippen molar-refractivity contribution in [2.75, 3.05) is 6.61 Å². The van der Waals surface area contributed by atoms with E-state index in [0.29, 0.717) is 28.9 Å². The van der Waals surface area contributed by atoms with Crippen molar-refractivity contribution >= 4 is 23.6 Å². The third-order valence-corrected chi connectivity index (χ3v) is 2.18. The van der Waals surface area contributed by atoms with Gasteiger partial charge in [0.05, 0.1) is 6.61 Å². The maximum atomic E-state index is 10.5. The van der Waals surface area contributed by atoms with Gasteiger partial charge in [-0.15, -0.1) is 0 Å². The minimum absolute atomic E-state index is 0.405. The van der Waals surface area contributed by atoms with Crippen LogP contribution < -0.4 is 4.74 Å².